The summed E-state index contributed by atoms with van der Waals surface area (Å²) in [5.41, 5.74) is 2.55. The molecule has 0 aromatic heterocycles. The number of ether oxygens (including phenoxy) is 2. The molecule has 2 rings (SSSR count). The molecule has 3 nitrogen and oxygen atoms in total. The zero-order valence-electron chi connectivity index (χ0n) is 12.2. The highest BCUT2D eigenvalue weighted by Crippen LogP contribution is 2.37. The lowest BCUT2D eigenvalue weighted by atomic mass is 10.1. The van der Waals surface area contributed by atoms with Crippen LogP contribution in [0.2, 0.25) is 5.02 Å². The van der Waals surface area contributed by atoms with E-state index >= 15 is 0 Å². The van der Waals surface area contributed by atoms with Crippen molar-refractivity contribution in [2.24, 2.45) is 0 Å². The normalized spacial score (nSPS) is 10.3. The molecule has 0 fully saturated rings. The maximum absolute atomic E-state index is 13.3. The number of hydrogen-bond acceptors (Lipinski definition) is 3. The van der Waals surface area contributed by atoms with Crippen molar-refractivity contribution in [1.82, 2.24) is 0 Å². The molecule has 112 valence electrons. The molecule has 0 unspecified atom stereocenters. The van der Waals surface area contributed by atoms with Gasteiger partial charge >= 0.3 is 0 Å². The summed E-state index contributed by atoms with van der Waals surface area (Å²) in [5.74, 6) is 0.795. The molecular weight excluding hydrogens is 293 g/mol. The molecule has 0 aliphatic heterocycles. The summed E-state index contributed by atoms with van der Waals surface area (Å²) >= 11 is 6.31. The van der Waals surface area contributed by atoms with Gasteiger partial charge in [-0.15, -0.1) is 0 Å². The first-order chi connectivity index (χ1) is 10.1. The fraction of sp³-hybridized carbons (Fsp3) is 0.250. The third kappa shape index (κ3) is 3.39. The SMILES string of the molecule is COc1ccc(CNc2cc(F)ccc2C)c(Cl)c1OC. The van der Waals surface area contributed by atoms with Crippen LogP contribution in [0.4, 0.5) is 10.1 Å². The molecule has 5 heteroatoms. The highest BCUT2D eigenvalue weighted by molar-refractivity contribution is 6.33. The minimum absolute atomic E-state index is 0.276. The number of halogens is 2. The molecule has 0 aliphatic carbocycles. The van der Waals surface area contributed by atoms with Crippen molar-refractivity contribution in [2.45, 2.75) is 13.5 Å². The Bertz CT molecular complexity index is 646. The van der Waals surface area contributed by atoms with Crippen LogP contribution in [0.3, 0.4) is 0 Å². The molecule has 0 amide bonds. The van der Waals surface area contributed by atoms with Crippen LogP contribution in [0.1, 0.15) is 11.1 Å². The summed E-state index contributed by atoms with van der Waals surface area (Å²) in [6.45, 7) is 2.38. The summed E-state index contributed by atoms with van der Waals surface area (Å²) < 4.78 is 23.7. The van der Waals surface area contributed by atoms with E-state index in [0.29, 0.717) is 23.1 Å². The average Bonchev–Trinajstić information content (AvgIpc) is 2.48. The zero-order chi connectivity index (χ0) is 15.4. The third-order valence-electron chi connectivity index (χ3n) is 3.23. The van der Waals surface area contributed by atoms with E-state index in [4.69, 9.17) is 21.1 Å². The van der Waals surface area contributed by atoms with Gasteiger partial charge in [0.15, 0.2) is 11.5 Å². The van der Waals surface area contributed by atoms with Gasteiger partial charge in [-0.1, -0.05) is 23.7 Å². The largest absolute Gasteiger partial charge is 0.493 e. The number of nitrogens with one attached hydrogen (secondary N) is 1. The number of benzene rings is 2. The number of hydrogen-bond donors (Lipinski definition) is 1. The molecule has 0 radical (unpaired) electrons. The van der Waals surface area contributed by atoms with Crippen LogP contribution in [-0.4, -0.2) is 14.2 Å². The molecule has 2 aromatic carbocycles. The van der Waals surface area contributed by atoms with Gasteiger partial charge < -0.3 is 14.8 Å². The van der Waals surface area contributed by atoms with Crippen molar-refractivity contribution in [3.8, 4) is 11.5 Å². The smallest absolute Gasteiger partial charge is 0.179 e. The lowest BCUT2D eigenvalue weighted by Gasteiger charge is -2.14. The predicted octanol–water partition coefficient (Wildman–Crippen LogP) is 4.42. The van der Waals surface area contributed by atoms with E-state index in [1.54, 1.807) is 19.2 Å². The van der Waals surface area contributed by atoms with Gasteiger partial charge in [0.05, 0.1) is 19.2 Å². The van der Waals surface area contributed by atoms with Crippen LogP contribution in [0.15, 0.2) is 30.3 Å². The van der Waals surface area contributed by atoms with Crippen molar-refractivity contribution in [1.29, 1.82) is 0 Å². The van der Waals surface area contributed by atoms with E-state index in [2.05, 4.69) is 5.32 Å². The van der Waals surface area contributed by atoms with Crippen LogP contribution < -0.4 is 14.8 Å². The molecule has 0 heterocycles. The molecule has 0 bridgehead atoms. The fourth-order valence-corrected chi connectivity index (χ4v) is 2.34. The Morgan fingerprint density at radius 1 is 1.14 bits per heavy atom. The van der Waals surface area contributed by atoms with Crippen molar-refractivity contribution in [3.05, 3.63) is 52.3 Å². The van der Waals surface area contributed by atoms with E-state index in [1.807, 2.05) is 13.0 Å². The van der Waals surface area contributed by atoms with Crippen molar-refractivity contribution in [3.63, 3.8) is 0 Å². The van der Waals surface area contributed by atoms with Gasteiger partial charge in [-0.05, 0) is 36.2 Å². The first kappa shape index (κ1) is 15.4. The molecular formula is C16H17ClFNO2. The number of rotatable bonds is 5. The molecule has 0 atom stereocenters. The van der Waals surface area contributed by atoms with E-state index < -0.39 is 0 Å². The fourth-order valence-electron chi connectivity index (χ4n) is 2.04. The standard InChI is InChI=1S/C16H17ClFNO2/c1-10-4-6-12(18)8-13(10)19-9-11-5-7-14(20-2)16(21-3)15(11)17/h4-8,19H,9H2,1-3H3. The summed E-state index contributed by atoms with van der Waals surface area (Å²) in [4.78, 5) is 0. The van der Waals surface area contributed by atoms with Crippen LogP contribution in [0.25, 0.3) is 0 Å². The molecule has 1 N–H and O–H groups in total. The Morgan fingerprint density at radius 3 is 2.57 bits per heavy atom. The third-order valence-corrected chi connectivity index (χ3v) is 3.65. The maximum atomic E-state index is 13.3. The van der Waals surface area contributed by atoms with Gasteiger partial charge in [0, 0.05) is 12.2 Å². The first-order valence-electron chi connectivity index (χ1n) is 6.46. The van der Waals surface area contributed by atoms with Crippen LogP contribution in [0.5, 0.6) is 11.5 Å². The lowest BCUT2D eigenvalue weighted by molar-refractivity contribution is 0.355. The first-order valence-corrected chi connectivity index (χ1v) is 6.84. The van der Waals surface area contributed by atoms with Crippen molar-refractivity contribution in [2.75, 3.05) is 19.5 Å². The number of methoxy groups -OCH3 is 2. The minimum Gasteiger partial charge on any atom is -0.493 e. The molecule has 2 aromatic rings. The monoisotopic (exact) mass is 309 g/mol. The van der Waals surface area contributed by atoms with Gasteiger partial charge in [-0.2, -0.15) is 0 Å². The van der Waals surface area contributed by atoms with Gasteiger partial charge in [-0.3, -0.25) is 0 Å². The zero-order valence-corrected chi connectivity index (χ0v) is 12.9. The number of anilines is 1. The summed E-state index contributed by atoms with van der Waals surface area (Å²) in [5, 5.41) is 3.66. The topological polar surface area (TPSA) is 30.5 Å². The second kappa shape index (κ2) is 6.68. The van der Waals surface area contributed by atoms with Gasteiger partial charge in [0.1, 0.15) is 5.82 Å². The Balaban J connectivity index is 2.22. The Labute approximate surface area is 128 Å². The summed E-state index contributed by atoms with van der Waals surface area (Å²) in [7, 11) is 3.10. The Hall–Kier alpha value is -1.94. The Morgan fingerprint density at radius 2 is 1.90 bits per heavy atom. The summed E-state index contributed by atoms with van der Waals surface area (Å²) in [6.07, 6.45) is 0. The molecule has 0 aliphatic rings. The van der Waals surface area contributed by atoms with Gasteiger partial charge in [0.25, 0.3) is 0 Å². The highest BCUT2D eigenvalue weighted by atomic mass is 35.5. The van der Waals surface area contributed by atoms with E-state index in [0.717, 1.165) is 16.8 Å². The predicted molar refractivity (Wildman–Crippen MR) is 83.0 cm³/mol. The van der Waals surface area contributed by atoms with Crippen LogP contribution in [-0.2, 0) is 6.54 Å². The molecule has 21 heavy (non-hydrogen) atoms. The minimum atomic E-state index is -0.276. The lowest BCUT2D eigenvalue weighted by Crippen LogP contribution is -2.03. The number of aryl methyl sites for hydroxylation is 1. The van der Waals surface area contributed by atoms with E-state index in [-0.39, 0.29) is 5.82 Å². The second-order valence-electron chi connectivity index (χ2n) is 4.59. The van der Waals surface area contributed by atoms with Crippen LogP contribution >= 0.6 is 11.6 Å². The second-order valence-corrected chi connectivity index (χ2v) is 4.96. The molecule has 0 saturated carbocycles. The molecule has 0 spiro atoms. The quantitative estimate of drug-likeness (QED) is 0.887. The van der Waals surface area contributed by atoms with Gasteiger partial charge in [0.2, 0.25) is 0 Å². The van der Waals surface area contributed by atoms with Crippen molar-refractivity contribution < 1.29 is 13.9 Å². The Kier molecular flexibility index (Phi) is 4.91. The van der Waals surface area contributed by atoms with Crippen molar-refractivity contribution >= 4 is 17.3 Å². The molecule has 0 saturated heterocycles. The summed E-state index contributed by atoms with van der Waals surface area (Å²) in [6, 6.07) is 8.27. The maximum Gasteiger partial charge on any atom is 0.179 e. The van der Waals surface area contributed by atoms with E-state index in [1.165, 1.54) is 19.2 Å². The van der Waals surface area contributed by atoms with Crippen LogP contribution in [0, 0.1) is 12.7 Å². The highest BCUT2D eigenvalue weighted by Gasteiger charge is 2.13. The average molecular weight is 310 g/mol. The van der Waals surface area contributed by atoms with Gasteiger partial charge in [-0.25, -0.2) is 4.39 Å². The van der Waals surface area contributed by atoms with E-state index in [9.17, 15) is 4.39 Å².